The number of nitrogens with two attached hydrogens (primary N) is 1. The smallest absolute Gasteiger partial charge is 0.299 e. The van der Waals surface area contributed by atoms with E-state index in [4.69, 9.17) is 9.92 Å². The molecule has 0 spiro atoms. The molecule has 2 N–H and O–H groups in total. The first kappa shape index (κ1) is 30.7. The maximum atomic E-state index is 13.7. The van der Waals surface area contributed by atoms with Gasteiger partial charge in [0.1, 0.15) is 0 Å². The molecule has 0 aromatic carbocycles. The molecular formula is C23H48FNO3S. The number of hydrogen-bond acceptors (Lipinski definition) is 4. The molecular weight excluding hydrogens is 389 g/mol. The molecule has 0 saturated carbocycles. The number of alkyl halides is 1. The molecule has 1 atom stereocenters. The summed E-state index contributed by atoms with van der Waals surface area (Å²) < 4.78 is 41.9. The molecule has 6 heteroatoms. The van der Waals surface area contributed by atoms with Crippen LogP contribution >= 0.6 is 0 Å². The largest absolute Gasteiger partial charge is 0.327 e. The van der Waals surface area contributed by atoms with E-state index < -0.39 is 15.6 Å². The van der Waals surface area contributed by atoms with Gasteiger partial charge in [0, 0.05) is 6.54 Å². The lowest BCUT2D eigenvalue weighted by molar-refractivity contribution is 0.271. The van der Waals surface area contributed by atoms with E-state index in [-0.39, 0.29) is 13.0 Å². The van der Waals surface area contributed by atoms with Gasteiger partial charge in [-0.1, -0.05) is 103 Å². The van der Waals surface area contributed by atoms with Crippen molar-refractivity contribution in [1.82, 2.24) is 0 Å². The van der Waals surface area contributed by atoms with Crippen LogP contribution in [0.3, 0.4) is 0 Å². The van der Waals surface area contributed by atoms with Crippen molar-refractivity contribution < 1.29 is 17.0 Å². The number of hydrogen-bond donors (Lipinski definition) is 1. The van der Waals surface area contributed by atoms with Gasteiger partial charge in [-0.2, -0.15) is 8.42 Å². The van der Waals surface area contributed by atoms with Crippen LogP contribution in [0.5, 0.6) is 0 Å². The third kappa shape index (κ3) is 23.7. The molecule has 0 fully saturated rings. The van der Waals surface area contributed by atoms with Crippen LogP contribution in [0.25, 0.3) is 0 Å². The summed E-state index contributed by atoms with van der Waals surface area (Å²) in [6, 6.07) is 0. The SMILES string of the molecule is C=CCN.CCCCCCCCCCCCCOS(=O)(=O)C(F)CCCCCC. The Morgan fingerprint density at radius 1 is 0.828 bits per heavy atom. The average Bonchev–Trinajstić information content (AvgIpc) is 2.72. The first-order valence-electron chi connectivity index (χ1n) is 11.8. The van der Waals surface area contributed by atoms with E-state index in [0.29, 0.717) is 19.4 Å². The Morgan fingerprint density at radius 3 is 1.62 bits per heavy atom. The Kier molecular flexibility index (Phi) is 25.2. The van der Waals surface area contributed by atoms with Crippen molar-refractivity contribution >= 4 is 10.1 Å². The molecule has 0 aromatic rings. The van der Waals surface area contributed by atoms with Crippen molar-refractivity contribution in [3.05, 3.63) is 12.7 Å². The lowest BCUT2D eigenvalue weighted by Crippen LogP contribution is -2.19. The van der Waals surface area contributed by atoms with Crippen molar-refractivity contribution in [1.29, 1.82) is 0 Å². The first-order valence-corrected chi connectivity index (χ1v) is 13.3. The molecule has 0 bridgehead atoms. The van der Waals surface area contributed by atoms with Crippen molar-refractivity contribution in [3.63, 3.8) is 0 Å². The summed E-state index contributed by atoms with van der Waals surface area (Å²) in [6.07, 6.45) is 18.5. The Labute approximate surface area is 181 Å². The van der Waals surface area contributed by atoms with E-state index in [9.17, 15) is 12.8 Å². The molecule has 0 amide bonds. The summed E-state index contributed by atoms with van der Waals surface area (Å²) in [7, 11) is -4.03. The van der Waals surface area contributed by atoms with E-state index in [1.165, 1.54) is 51.4 Å². The highest BCUT2D eigenvalue weighted by Crippen LogP contribution is 2.16. The van der Waals surface area contributed by atoms with E-state index in [2.05, 4.69) is 20.4 Å². The van der Waals surface area contributed by atoms with Crippen molar-refractivity contribution in [2.45, 2.75) is 122 Å². The average molecular weight is 438 g/mol. The Bertz CT molecular complexity index is 430. The fraction of sp³-hybridized carbons (Fsp3) is 0.913. The number of halogens is 1. The monoisotopic (exact) mass is 437 g/mol. The fourth-order valence-corrected chi connectivity index (χ4v) is 3.84. The fourth-order valence-electron chi connectivity index (χ4n) is 2.89. The molecule has 176 valence electrons. The zero-order valence-electron chi connectivity index (χ0n) is 19.2. The second-order valence-corrected chi connectivity index (χ2v) is 9.37. The summed E-state index contributed by atoms with van der Waals surface area (Å²) in [5, 5.41) is 0. The highest BCUT2D eigenvalue weighted by atomic mass is 32.2. The molecule has 0 aromatic heterocycles. The van der Waals surface area contributed by atoms with Gasteiger partial charge in [-0.05, 0) is 19.3 Å². The molecule has 0 saturated heterocycles. The predicted molar refractivity (Wildman–Crippen MR) is 124 cm³/mol. The topological polar surface area (TPSA) is 69.4 Å². The Hall–Kier alpha value is -0.460. The normalized spacial score (nSPS) is 12.3. The van der Waals surface area contributed by atoms with Crippen molar-refractivity contribution in [3.8, 4) is 0 Å². The minimum Gasteiger partial charge on any atom is -0.327 e. The van der Waals surface area contributed by atoms with E-state index in [1.807, 2.05) is 0 Å². The molecule has 0 heterocycles. The minimum atomic E-state index is -4.03. The van der Waals surface area contributed by atoms with Crippen LogP contribution < -0.4 is 5.73 Å². The van der Waals surface area contributed by atoms with E-state index >= 15 is 0 Å². The van der Waals surface area contributed by atoms with Crippen molar-refractivity contribution in [2.24, 2.45) is 5.73 Å². The summed E-state index contributed by atoms with van der Waals surface area (Å²) in [5.41, 5.74) is 3.05. The first-order chi connectivity index (χ1) is 14.0. The predicted octanol–water partition coefficient (Wildman–Crippen LogP) is 7.04. The van der Waals surface area contributed by atoms with Crippen LogP contribution in [0.4, 0.5) is 4.39 Å². The third-order valence-electron chi connectivity index (χ3n) is 4.76. The summed E-state index contributed by atoms with van der Waals surface area (Å²) in [5.74, 6) is 0. The van der Waals surface area contributed by atoms with Gasteiger partial charge >= 0.3 is 0 Å². The molecule has 0 rings (SSSR count). The van der Waals surface area contributed by atoms with Gasteiger partial charge in [0.25, 0.3) is 10.1 Å². The quantitative estimate of drug-likeness (QED) is 0.126. The zero-order valence-corrected chi connectivity index (χ0v) is 20.0. The van der Waals surface area contributed by atoms with Gasteiger partial charge in [0.15, 0.2) is 0 Å². The van der Waals surface area contributed by atoms with Crippen LogP contribution in [0, 0.1) is 0 Å². The lowest BCUT2D eigenvalue weighted by atomic mass is 10.1. The highest BCUT2D eigenvalue weighted by Gasteiger charge is 2.25. The highest BCUT2D eigenvalue weighted by molar-refractivity contribution is 7.87. The van der Waals surface area contributed by atoms with Gasteiger partial charge in [-0.25, -0.2) is 4.39 Å². The second kappa shape index (κ2) is 23.8. The molecule has 0 aliphatic rings. The maximum absolute atomic E-state index is 13.7. The van der Waals surface area contributed by atoms with Crippen molar-refractivity contribution in [2.75, 3.05) is 13.2 Å². The Balaban J connectivity index is 0. The Morgan fingerprint density at radius 2 is 1.21 bits per heavy atom. The molecule has 1 unspecified atom stereocenters. The minimum absolute atomic E-state index is 0.0561. The van der Waals surface area contributed by atoms with Gasteiger partial charge in [-0.15, -0.1) is 6.58 Å². The molecule has 4 nitrogen and oxygen atoms in total. The zero-order chi connectivity index (χ0) is 22.2. The maximum Gasteiger partial charge on any atom is 0.299 e. The molecule has 29 heavy (non-hydrogen) atoms. The van der Waals surface area contributed by atoms with E-state index in [0.717, 1.165) is 32.1 Å². The summed E-state index contributed by atoms with van der Waals surface area (Å²) >= 11 is 0. The number of unbranched alkanes of at least 4 members (excludes halogenated alkanes) is 13. The molecule has 0 aliphatic heterocycles. The summed E-state index contributed by atoms with van der Waals surface area (Å²) in [4.78, 5) is 0. The van der Waals surface area contributed by atoms with Crippen LogP contribution in [-0.4, -0.2) is 27.1 Å². The molecule has 0 radical (unpaired) electrons. The third-order valence-corrected chi connectivity index (χ3v) is 6.12. The summed E-state index contributed by atoms with van der Waals surface area (Å²) in [6.45, 7) is 8.36. The van der Waals surface area contributed by atoms with Crippen LogP contribution in [0.1, 0.15) is 117 Å². The van der Waals surface area contributed by atoms with Gasteiger partial charge < -0.3 is 5.73 Å². The van der Waals surface area contributed by atoms with Crippen LogP contribution in [0.15, 0.2) is 12.7 Å². The van der Waals surface area contributed by atoms with E-state index in [1.54, 1.807) is 6.08 Å². The second-order valence-electron chi connectivity index (χ2n) is 7.63. The standard InChI is InChI=1S/C20H41FO3S.C3H7N/c1-3-5-7-9-10-11-12-13-14-15-17-19-24-25(22,23)20(21)18-16-8-6-4-2;1-2-3-4/h20H,3-19H2,1-2H3;2H,1,3-4H2. The van der Waals surface area contributed by atoms with Gasteiger partial charge in [0.05, 0.1) is 6.61 Å². The lowest BCUT2D eigenvalue weighted by Gasteiger charge is -2.10. The number of rotatable bonds is 20. The van der Waals surface area contributed by atoms with Crippen LogP contribution in [0.2, 0.25) is 0 Å². The van der Waals surface area contributed by atoms with Gasteiger partial charge in [0.2, 0.25) is 5.50 Å². The molecule has 0 aliphatic carbocycles. The van der Waals surface area contributed by atoms with Gasteiger partial charge in [-0.3, -0.25) is 4.18 Å². The van der Waals surface area contributed by atoms with Crippen LogP contribution in [-0.2, 0) is 14.3 Å².